The summed E-state index contributed by atoms with van der Waals surface area (Å²) in [6, 6.07) is 0.384. The largest absolute Gasteiger partial charge is 0.392 e. The first kappa shape index (κ1) is 11.4. The van der Waals surface area contributed by atoms with Crippen molar-refractivity contribution in [3.05, 3.63) is 0 Å². The fraction of sp³-hybridized carbons (Fsp3) is 1.00. The van der Waals surface area contributed by atoms with E-state index in [0.29, 0.717) is 6.04 Å². The van der Waals surface area contributed by atoms with Crippen LogP contribution in [-0.2, 0) is 0 Å². The Bertz CT molecular complexity index is 195. The molecule has 0 aliphatic heterocycles. The van der Waals surface area contributed by atoms with Crippen molar-refractivity contribution in [2.24, 2.45) is 11.8 Å². The van der Waals surface area contributed by atoms with Gasteiger partial charge in [-0.05, 0) is 44.1 Å². The molecule has 0 spiro atoms. The van der Waals surface area contributed by atoms with Crippen LogP contribution in [-0.4, -0.2) is 23.8 Å². The van der Waals surface area contributed by atoms with Crippen molar-refractivity contribution in [3.8, 4) is 0 Å². The molecule has 0 heterocycles. The highest BCUT2D eigenvalue weighted by molar-refractivity contribution is 4.82. The van der Waals surface area contributed by atoms with Crippen molar-refractivity contribution in [2.45, 2.75) is 64.0 Å². The van der Waals surface area contributed by atoms with Crippen LogP contribution in [0.2, 0.25) is 0 Å². The van der Waals surface area contributed by atoms with Crippen LogP contribution < -0.4 is 5.32 Å². The van der Waals surface area contributed by atoms with E-state index in [-0.39, 0.29) is 6.10 Å². The summed E-state index contributed by atoms with van der Waals surface area (Å²) >= 11 is 0. The Morgan fingerprint density at radius 3 is 2.60 bits per heavy atom. The fourth-order valence-corrected chi connectivity index (χ4v) is 3.18. The summed E-state index contributed by atoms with van der Waals surface area (Å²) in [5.41, 5.74) is 0. The van der Waals surface area contributed by atoms with Gasteiger partial charge in [-0.3, -0.25) is 0 Å². The van der Waals surface area contributed by atoms with Crippen LogP contribution in [0.15, 0.2) is 0 Å². The molecule has 2 saturated carbocycles. The van der Waals surface area contributed by atoms with Gasteiger partial charge in [-0.1, -0.05) is 26.2 Å². The molecule has 0 saturated heterocycles. The number of aliphatic hydroxyl groups is 1. The van der Waals surface area contributed by atoms with Crippen molar-refractivity contribution < 1.29 is 5.11 Å². The lowest BCUT2D eigenvalue weighted by Gasteiger charge is -2.29. The first-order valence-electron chi connectivity index (χ1n) is 6.67. The van der Waals surface area contributed by atoms with E-state index in [0.717, 1.165) is 24.8 Å². The summed E-state index contributed by atoms with van der Waals surface area (Å²) < 4.78 is 0. The zero-order valence-corrected chi connectivity index (χ0v) is 9.91. The highest BCUT2D eigenvalue weighted by Gasteiger charge is 2.25. The topological polar surface area (TPSA) is 32.3 Å². The predicted octanol–water partition coefficient (Wildman–Crippen LogP) is 2.32. The van der Waals surface area contributed by atoms with Gasteiger partial charge in [0, 0.05) is 6.04 Å². The van der Waals surface area contributed by atoms with Gasteiger partial charge in [0.05, 0.1) is 6.10 Å². The van der Waals surface area contributed by atoms with E-state index in [1.807, 2.05) is 0 Å². The normalized spacial score (nSPS) is 42.0. The average Bonchev–Trinajstić information content (AvgIpc) is 2.63. The molecule has 2 aliphatic carbocycles. The van der Waals surface area contributed by atoms with Gasteiger partial charge in [0.15, 0.2) is 0 Å². The lowest BCUT2D eigenvalue weighted by Crippen LogP contribution is -2.43. The standard InChI is InChI=1S/C13H25NO/c1-10-6-7-11(8-10)9-14-12-4-2-3-5-13(12)15/h10-15H,2-9H2,1H3. The van der Waals surface area contributed by atoms with Gasteiger partial charge in [0.25, 0.3) is 0 Å². The quantitative estimate of drug-likeness (QED) is 0.751. The average molecular weight is 211 g/mol. The van der Waals surface area contributed by atoms with E-state index in [2.05, 4.69) is 12.2 Å². The first-order valence-corrected chi connectivity index (χ1v) is 6.67. The van der Waals surface area contributed by atoms with Crippen LogP contribution in [0.1, 0.15) is 51.9 Å². The van der Waals surface area contributed by atoms with E-state index in [1.54, 1.807) is 0 Å². The van der Waals surface area contributed by atoms with Gasteiger partial charge in [-0.25, -0.2) is 0 Å². The lowest BCUT2D eigenvalue weighted by atomic mass is 9.92. The molecule has 0 amide bonds. The monoisotopic (exact) mass is 211 g/mol. The second kappa shape index (κ2) is 5.31. The molecule has 0 radical (unpaired) electrons. The van der Waals surface area contributed by atoms with Crippen molar-refractivity contribution in [1.82, 2.24) is 5.32 Å². The molecule has 2 N–H and O–H groups in total. The SMILES string of the molecule is CC1CCC(CNC2CCCCC2O)C1. The smallest absolute Gasteiger partial charge is 0.0693 e. The van der Waals surface area contributed by atoms with Gasteiger partial charge in [0.2, 0.25) is 0 Å². The molecule has 0 aromatic carbocycles. The molecule has 2 rings (SSSR count). The van der Waals surface area contributed by atoms with E-state index >= 15 is 0 Å². The Balaban J connectivity index is 1.68. The molecule has 15 heavy (non-hydrogen) atoms. The molecular formula is C13H25NO. The van der Waals surface area contributed by atoms with Crippen molar-refractivity contribution in [1.29, 1.82) is 0 Å². The summed E-state index contributed by atoms with van der Waals surface area (Å²) in [7, 11) is 0. The molecule has 4 atom stereocenters. The third-order valence-corrected chi connectivity index (χ3v) is 4.20. The summed E-state index contributed by atoms with van der Waals surface area (Å²) in [5, 5.41) is 13.4. The maximum atomic E-state index is 9.83. The zero-order valence-electron chi connectivity index (χ0n) is 9.91. The summed E-state index contributed by atoms with van der Waals surface area (Å²) in [5.74, 6) is 1.79. The first-order chi connectivity index (χ1) is 7.25. The molecular weight excluding hydrogens is 186 g/mol. The molecule has 0 aromatic heterocycles. The van der Waals surface area contributed by atoms with E-state index in [9.17, 15) is 5.11 Å². The van der Waals surface area contributed by atoms with Crippen molar-refractivity contribution in [3.63, 3.8) is 0 Å². The molecule has 2 aliphatic rings. The highest BCUT2D eigenvalue weighted by atomic mass is 16.3. The van der Waals surface area contributed by atoms with Crippen LogP contribution in [0.3, 0.4) is 0 Å². The maximum absolute atomic E-state index is 9.83. The van der Waals surface area contributed by atoms with E-state index in [1.165, 1.54) is 38.5 Å². The minimum atomic E-state index is -0.0856. The summed E-state index contributed by atoms with van der Waals surface area (Å²) in [4.78, 5) is 0. The van der Waals surface area contributed by atoms with Crippen LogP contribution in [0.4, 0.5) is 0 Å². The minimum Gasteiger partial charge on any atom is -0.392 e. The summed E-state index contributed by atoms with van der Waals surface area (Å²) in [6.07, 6.45) is 8.75. The molecule has 2 heteroatoms. The Hall–Kier alpha value is -0.0800. The number of hydrogen-bond donors (Lipinski definition) is 2. The Kier molecular flexibility index (Phi) is 4.04. The Labute approximate surface area is 93.5 Å². The number of nitrogens with one attached hydrogen (secondary N) is 1. The van der Waals surface area contributed by atoms with E-state index < -0.39 is 0 Å². The van der Waals surface area contributed by atoms with E-state index in [4.69, 9.17) is 0 Å². The second-order valence-electron chi connectivity index (χ2n) is 5.65. The number of hydrogen-bond acceptors (Lipinski definition) is 2. The van der Waals surface area contributed by atoms with Gasteiger partial charge in [0.1, 0.15) is 0 Å². The highest BCUT2D eigenvalue weighted by Crippen LogP contribution is 2.30. The van der Waals surface area contributed by atoms with Gasteiger partial charge in [-0.15, -0.1) is 0 Å². The fourth-order valence-electron chi connectivity index (χ4n) is 3.18. The Morgan fingerprint density at radius 2 is 1.93 bits per heavy atom. The molecule has 0 aromatic rings. The van der Waals surface area contributed by atoms with Gasteiger partial charge >= 0.3 is 0 Å². The minimum absolute atomic E-state index is 0.0856. The lowest BCUT2D eigenvalue weighted by molar-refractivity contribution is 0.0889. The van der Waals surface area contributed by atoms with Crippen molar-refractivity contribution in [2.75, 3.05) is 6.54 Å². The molecule has 0 bridgehead atoms. The Morgan fingerprint density at radius 1 is 1.13 bits per heavy atom. The number of aliphatic hydroxyl groups excluding tert-OH is 1. The maximum Gasteiger partial charge on any atom is 0.0693 e. The predicted molar refractivity (Wildman–Crippen MR) is 62.8 cm³/mol. The molecule has 4 unspecified atom stereocenters. The van der Waals surface area contributed by atoms with Gasteiger partial charge in [-0.2, -0.15) is 0 Å². The molecule has 88 valence electrons. The second-order valence-corrected chi connectivity index (χ2v) is 5.65. The summed E-state index contributed by atoms with van der Waals surface area (Å²) in [6.45, 7) is 3.49. The third-order valence-electron chi connectivity index (χ3n) is 4.20. The van der Waals surface area contributed by atoms with Crippen LogP contribution >= 0.6 is 0 Å². The van der Waals surface area contributed by atoms with Crippen LogP contribution in [0.25, 0.3) is 0 Å². The number of rotatable bonds is 3. The molecule has 2 fully saturated rings. The van der Waals surface area contributed by atoms with Gasteiger partial charge < -0.3 is 10.4 Å². The zero-order chi connectivity index (χ0) is 10.7. The van der Waals surface area contributed by atoms with Crippen LogP contribution in [0, 0.1) is 11.8 Å². The van der Waals surface area contributed by atoms with Crippen molar-refractivity contribution >= 4 is 0 Å². The molecule has 2 nitrogen and oxygen atoms in total. The van der Waals surface area contributed by atoms with Crippen LogP contribution in [0.5, 0.6) is 0 Å². The third kappa shape index (κ3) is 3.18.